The molecule has 108 valence electrons. The van der Waals surface area contributed by atoms with Gasteiger partial charge in [-0.15, -0.1) is 0 Å². The molecule has 0 aliphatic heterocycles. The second kappa shape index (κ2) is 7.99. The first-order valence-electron chi connectivity index (χ1n) is 6.41. The fraction of sp³-hybridized carbons (Fsp3) is 0.333. The molecule has 0 saturated heterocycles. The number of benzene rings is 1. The van der Waals surface area contributed by atoms with Crippen molar-refractivity contribution >= 4 is 18.0 Å². The monoisotopic (exact) mass is 278 g/mol. The van der Waals surface area contributed by atoms with E-state index in [0.717, 1.165) is 11.6 Å². The first-order chi connectivity index (χ1) is 9.56. The number of carbonyl (C=O) groups excluding carboxylic acids is 1. The van der Waals surface area contributed by atoms with Crippen molar-refractivity contribution in [2.24, 2.45) is 0 Å². The predicted molar refractivity (Wildman–Crippen MR) is 74.5 cm³/mol. The second-order valence-electron chi connectivity index (χ2n) is 4.01. The van der Waals surface area contributed by atoms with E-state index in [9.17, 15) is 9.59 Å². The van der Waals surface area contributed by atoms with Crippen molar-refractivity contribution in [3.8, 4) is 5.75 Å². The van der Waals surface area contributed by atoms with Crippen LogP contribution in [0.1, 0.15) is 25.8 Å². The minimum absolute atomic E-state index is 0.317. The van der Waals surface area contributed by atoms with E-state index in [1.807, 2.05) is 6.92 Å². The van der Waals surface area contributed by atoms with Crippen LogP contribution in [0.15, 0.2) is 30.3 Å². The van der Waals surface area contributed by atoms with E-state index in [0.29, 0.717) is 18.8 Å². The van der Waals surface area contributed by atoms with E-state index in [4.69, 9.17) is 14.6 Å². The quantitative estimate of drug-likeness (QED) is 0.613. The molecule has 5 nitrogen and oxygen atoms in total. The molecule has 0 aliphatic carbocycles. The maximum absolute atomic E-state index is 11.6. The van der Waals surface area contributed by atoms with Crippen molar-refractivity contribution in [3.63, 3.8) is 0 Å². The van der Waals surface area contributed by atoms with Gasteiger partial charge in [-0.3, -0.25) is 0 Å². The van der Waals surface area contributed by atoms with E-state index < -0.39 is 12.1 Å². The first kappa shape index (κ1) is 15.8. The van der Waals surface area contributed by atoms with Crippen LogP contribution in [0.4, 0.5) is 0 Å². The maximum atomic E-state index is 11.6. The van der Waals surface area contributed by atoms with Crippen LogP contribution >= 0.6 is 0 Å². The molecule has 0 fully saturated rings. The number of ether oxygens (including phenoxy) is 2. The Morgan fingerprint density at radius 3 is 2.40 bits per heavy atom. The molecule has 0 aromatic heterocycles. The molecule has 1 atom stereocenters. The highest BCUT2D eigenvalue weighted by Crippen LogP contribution is 2.16. The SMILES string of the molecule is CCOC(=O)C(CC)Oc1ccc(C=CC(=O)O)cc1. The van der Waals surface area contributed by atoms with E-state index >= 15 is 0 Å². The molecule has 1 rings (SSSR count). The lowest BCUT2D eigenvalue weighted by Crippen LogP contribution is -2.28. The number of carbonyl (C=O) groups is 2. The minimum Gasteiger partial charge on any atom is -0.479 e. The van der Waals surface area contributed by atoms with Crippen molar-refractivity contribution < 1.29 is 24.2 Å². The summed E-state index contributed by atoms with van der Waals surface area (Å²) in [5.74, 6) is -0.846. The summed E-state index contributed by atoms with van der Waals surface area (Å²) in [6.07, 6.45) is 2.42. The van der Waals surface area contributed by atoms with Crippen LogP contribution in [0.5, 0.6) is 5.75 Å². The lowest BCUT2D eigenvalue weighted by atomic mass is 10.2. The van der Waals surface area contributed by atoms with Gasteiger partial charge in [0, 0.05) is 6.08 Å². The fourth-order valence-corrected chi connectivity index (χ4v) is 1.52. The van der Waals surface area contributed by atoms with Gasteiger partial charge in [0.25, 0.3) is 0 Å². The molecule has 0 amide bonds. The summed E-state index contributed by atoms with van der Waals surface area (Å²) in [6, 6.07) is 6.80. The summed E-state index contributed by atoms with van der Waals surface area (Å²) in [7, 11) is 0. The molecule has 0 spiro atoms. The number of esters is 1. The second-order valence-corrected chi connectivity index (χ2v) is 4.01. The molecule has 0 aliphatic rings. The molecule has 1 aromatic rings. The van der Waals surface area contributed by atoms with Crippen LogP contribution in [0.3, 0.4) is 0 Å². The third kappa shape index (κ3) is 5.14. The van der Waals surface area contributed by atoms with Gasteiger partial charge in [0.05, 0.1) is 6.61 Å². The normalized spacial score (nSPS) is 12.1. The number of carboxylic acids is 1. The lowest BCUT2D eigenvalue weighted by molar-refractivity contribution is -0.151. The Labute approximate surface area is 117 Å². The molecule has 0 heterocycles. The molecule has 1 unspecified atom stereocenters. The molecule has 0 radical (unpaired) electrons. The van der Waals surface area contributed by atoms with Gasteiger partial charge in [0.2, 0.25) is 0 Å². The summed E-state index contributed by atoms with van der Waals surface area (Å²) in [5.41, 5.74) is 0.740. The molecular formula is C15H18O5. The summed E-state index contributed by atoms with van der Waals surface area (Å²) in [4.78, 5) is 22.0. The average Bonchev–Trinajstić information content (AvgIpc) is 2.44. The van der Waals surface area contributed by atoms with Gasteiger partial charge < -0.3 is 14.6 Å². The Kier molecular flexibility index (Phi) is 6.29. The van der Waals surface area contributed by atoms with Crippen LogP contribution in [0.25, 0.3) is 6.08 Å². The Balaban J connectivity index is 2.68. The number of hydrogen-bond donors (Lipinski definition) is 1. The average molecular weight is 278 g/mol. The standard InChI is InChI=1S/C15H18O5/c1-3-13(15(18)19-4-2)20-12-8-5-11(6-9-12)7-10-14(16)17/h5-10,13H,3-4H2,1-2H3,(H,16,17). The molecular weight excluding hydrogens is 260 g/mol. The van der Waals surface area contributed by atoms with Gasteiger partial charge in [-0.1, -0.05) is 19.1 Å². The number of rotatable bonds is 7. The third-order valence-corrected chi connectivity index (χ3v) is 2.50. The largest absolute Gasteiger partial charge is 0.479 e. The summed E-state index contributed by atoms with van der Waals surface area (Å²) >= 11 is 0. The van der Waals surface area contributed by atoms with Crippen LogP contribution in [-0.4, -0.2) is 29.8 Å². The zero-order valence-electron chi connectivity index (χ0n) is 11.5. The van der Waals surface area contributed by atoms with Gasteiger partial charge in [-0.25, -0.2) is 9.59 Å². The fourth-order valence-electron chi connectivity index (χ4n) is 1.52. The topological polar surface area (TPSA) is 72.8 Å². The molecule has 1 N–H and O–H groups in total. The molecule has 5 heteroatoms. The van der Waals surface area contributed by atoms with Crippen molar-refractivity contribution in [2.45, 2.75) is 26.4 Å². The zero-order valence-corrected chi connectivity index (χ0v) is 11.5. The Morgan fingerprint density at radius 2 is 1.90 bits per heavy atom. The number of hydrogen-bond acceptors (Lipinski definition) is 4. The van der Waals surface area contributed by atoms with Crippen LogP contribution in [-0.2, 0) is 14.3 Å². The Morgan fingerprint density at radius 1 is 1.25 bits per heavy atom. The van der Waals surface area contributed by atoms with E-state index in [2.05, 4.69) is 0 Å². The highest BCUT2D eigenvalue weighted by Gasteiger charge is 2.19. The van der Waals surface area contributed by atoms with Gasteiger partial charge in [0.15, 0.2) is 6.10 Å². The highest BCUT2D eigenvalue weighted by atomic mass is 16.6. The molecule has 20 heavy (non-hydrogen) atoms. The van der Waals surface area contributed by atoms with E-state index in [1.54, 1.807) is 31.2 Å². The third-order valence-electron chi connectivity index (χ3n) is 2.50. The van der Waals surface area contributed by atoms with E-state index in [-0.39, 0.29) is 5.97 Å². The number of carboxylic acid groups (broad SMARTS) is 1. The van der Waals surface area contributed by atoms with Gasteiger partial charge in [-0.2, -0.15) is 0 Å². The Hall–Kier alpha value is -2.30. The maximum Gasteiger partial charge on any atom is 0.347 e. The number of aliphatic carboxylic acids is 1. The van der Waals surface area contributed by atoms with Crippen molar-refractivity contribution in [1.29, 1.82) is 0 Å². The Bertz CT molecular complexity index is 476. The highest BCUT2D eigenvalue weighted by molar-refractivity contribution is 5.85. The van der Waals surface area contributed by atoms with Gasteiger partial charge >= 0.3 is 11.9 Å². The molecule has 1 aromatic carbocycles. The minimum atomic E-state index is -1.00. The van der Waals surface area contributed by atoms with Crippen molar-refractivity contribution in [1.82, 2.24) is 0 Å². The van der Waals surface area contributed by atoms with Gasteiger partial charge in [0.1, 0.15) is 5.75 Å². The first-order valence-corrected chi connectivity index (χ1v) is 6.41. The summed E-state index contributed by atoms with van der Waals surface area (Å²) in [5, 5.41) is 8.53. The van der Waals surface area contributed by atoms with Crippen molar-refractivity contribution in [2.75, 3.05) is 6.61 Å². The van der Waals surface area contributed by atoms with E-state index in [1.165, 1.54) is 6.08 Å². The van der Waals surface area contributed by atoms with Crippen LogP contribution in [0.2, 0.25) is 0 Å². The summed E-state index contributed by atoms with van der Waals surface area (Å²) < 4.78 is 10.5. The zero-order chi connectivity index (χ0) is 15.0. The smallest absolute Gasteiger partial charge is 0.347 e. The van der Waals surface area contributed by atoms with Crippen molar-refractivity contribution in [3.05, 3.63) is 35.9 Å². The lowest BCUT2D eigenvalue weighted by Gasteiger charge is -2.15. The molecule has 0 saturated carbocycles. The van der Waals surface area contributed by atoms with Crippen LogP contribution < -0.4 is 4.74 Å². The molecule has 0 bridgehead atoms. The van der Waals surface area contributed by atoms with Crippen LogP contribution in [0, 0.1) is 0 Å². The predicted octanol–water partition coefficient (Wildman–Crippen LogP) is 2.50. The van der Waals surface area contributed by atoms with Gasteiger partial charge in [-0.05, 0) is 37.1 Å². The summed E-state index contributed by atoms with van der Waals surface area (Å²) in [6.45, 7) is 3.90.